The number of anilines is 1. The quantitative estimate of drug-likeness (QED) is 0.655. The Balaban J connectivity index is 1.85. The minimum atomic E-state index is -0.152. The molecule has 0 saturated carbocycles. The van der Waals surface area contributed by atoms with Crippen molar-refractivity contribution in [3.05, 3.63) is 17.3 Å². The van der Waals surface area contributed by atoms with Crippen LogP contribution in [-0.4, -0.2) is 28.6 Å². The fourth-order valence-corrected chi connectivity index (χ4v) is 2.73. The lowest BCUT2D eigenvalue weighted by Crippen LogP contribution is -2.13. The third kappa shape index (κ3) is 3.90. The molecule has 1 N–H and O–H groups in total. The van der Waals surface area contributed by atoms with Gasteiger partial charge in [0.2, 0.25) is 0 Å². The second kappa shape index (κ2) is 6.65. The van der Waals surface area contributed by atoms with Crippen LogP contribution in [-0.2, 0) is 9.53 Å². The molecule has 0 spiro atoms. The summed E-state index contributed by atoms with van der Waals surface area (Å²) in [5.74, 6) is 0.678. The molecule has 0 aliphatic heterocycles. The first kappa shape index (κ1) is 14.7. The fraction of sp³-hybridized carbons (Fsp3) is 0.500. The molecule has 0 radical (unpaired) electrons. The van der Waals surface area contributed by atoms with Gasteiger partial charge in [-0.05, 0) is 33.3 Å². The van der Waals surface area contributed by atoms with E-state index >= 15 is 0 Å². The van der Waals surface area contributed by atoms with Crippen molar-refractivity contribution < 1.29 is 9.53 Å². The van der Waals surface area contributed by atoms with Gasteiger partial charge in [0.05, 0.1) is 11.5 Å². The van der Waals surface area contributed by atoms with Crippen molar-refractivity contribution >= 4 is 33.3 Å². The van der Waals surface area contributed by atoms with Crippen LogP contribution in [0, 0.1) is 6.92 Å². The zero-order valence-electron chi connectivity index (χ0n) is 12.0. The van der Waals surface area contributed by atoms with Crippen molar-refractivity contribution in [3.8, 4) is 0 Å². The minimum absolute atomic E-state index is 0.0503. The van der Waals surface area contributed by atoms with Gasteiger partial charge in [0.1, 0.15) is 17.0 Å². The van der Waals surface area contributed by atoms with Gasteiger partial charge >= 0.3 is 5.97 Å². The van der Waals surface area contributed by atoms with E-state index in [1.54, 1.807) is 17.7 Å². The molecule has 0 atom stereocenters. The number of hydrogen-bond donors (Lipinski definition) is 1. The summed E-state index contributed by atoms with van der Waals surface area (Å²) in [7, 11) is 0. The van der Waals surface area contributed by atoms with E-state index in [0.29, 0.717) is 13.0 Å². The minimum Gasteiger partial charge on any atom is -0.463 e. The zero-order valence-corrected chi connectivity index (χ0v) is 12.8. The maximum atomic E-state index is 11.4. The van der Waals surface area contributed by atoms with E-state index in [4.69, 9.17) is 4.74 Å². The van der Waals surface area contributed by atoms with Gasteiger partial charge in [-0.15, -0.1) is 11.3 Å². The monoisotopic (exact) mass is 293 g/mol. The second-order valence-electron chi connectivity index (χ2n) is 4.87. The molecule has 2 aromatic heterocycles. The Morgan fingerprint density at radius 2 is 2.25 bits per heavy atom. The van der Waals surface area contributed by atoms with Crippen LogP contribution >= 0.6 is 11.3 Å². The van der Waals surface area contributed by atoms with Crippen LogP contribution in [0.25, 0.3) is 10.2 Å². The van der Waals surface area contributed by atoms with Crippen molar-refractivity contribution in [1.29, 1.82) is 0 Å². The molecule has 0 aliphatic rings. The summed E-state index contributed by atoms with van der Waals surface area (Å²) in [6, 6.07) is 2.08. The van der Waals surface area contributed by atoms with Crippen molar-refractivity contribution in [2.75, 3.05) is 11.9 Å². The van der Waals surface area contributed by atoms with Crippen molar-refractivity contribution in [2.24, 2.45) is 0 Å². The van der Waals surface area contributed by atoms with E-state index < -0.39 is 0 Å². The number of esters is 1. The van der Waals surface area contributed by atoms with E-state index in [1.165, 1.54) is 4.88 Å². The van der Waals surface area contributed by atoms with E-state index in [2.05, 4.69) is 28.3 Å². The van der Waals surface area contributed by atoms with Gasteiger partial charge in [-0.3, -0.25) is 4.79 Å². The summed E-state index contributed by atoms with van der Waals surface area (Å²) < 4.78 is 5.09. The molecule has 5 nitrogen and oxygen atoms in total. The molecular formula is C14H19N3O2S. The average molecular weight is 293 g/mol. The lowest BCUT2D eigenvalue weighted by molar-refractivity contribution is -0.147. The molecule has 0 saturated heterocycles. The van der Waals surface area contributed by atoms with Crippen molar-refractivity contribution in [3.63, 3.8) is 0 Å². The summed E-state index contributed by atoms with van der Waals surface area (Å²) in [5.41, 5.74) is 0. The van der Waals surface area contributed by atoms with Crippen LogP contribution in [0.5, 0.6) is 0 Å². The van der Waals surface area contributed by atoms with Gasteiger partial charge in [-0.1, -0.05) is 0 Å². The number of aryl methyl sites for hydroxylation is 1. The molecular weight excluding hydrogens is 274 g/mol. The number of carbonyl (C=O) groups is 1. The van der Waals surface area contributed by atoms with Crippen molar-refractivity contribution in [2.45, 2.75) is 39.7 Å². The first-order valence-corrected chi connectivity index (χ1v) is 7.52. The number of nitrogens with one attached hydrogen (secondary N) is 1. The van der Waals surface area contributed by atoms with Gasteiger partial charge < -0.3 is 10.1 Å². The fourth-order valence-electron chi connectivity index (χ4n) is 1.88. The number of nitrogens with zero attached hydrogens (tertiary/aromatic N) is 2. The largest absolute Gasteiger partial charge is 0.463 e. The lowest BCUT2D eigenvalue weighted by Gasteiger charge is -2.08. The Bertz CT molecular complexity index is 595. The van der Waals surface area contributed by atoms with Gasteiger partial charge in [-0.25, -0.2) is 9.97 Å². The number of rotatable bonds is 6. The van der Waals surface area contributed by atoms with E-state index in [1.807, 2.05) is 13.8 Å². The van der Waals surface area contributed by atoms with Crippen molar-refractivity contribution in [1.82, 2.24) is 9.97 Å². The predicted molar refractivity (Wildman–Crippen MR) is 81.1 cm³/mol. The summed E-state index contributed by atoms with van der Waals surface area (Å²) in [4.78, 5) is 22.1. The van der Waals surface area contributed by atoms with Crippen LogP contribution < -0.4 is 5.32 Å². The van der Waals surface area contributed by atoms with Crippen LogP contribution in [0.15, 0.2) is 12.4 Å². The molecule has 2 rings (SSSR count). The number of fused-ring (bicyclic) bond motifs is 1. The second-order valence-corrected chi connectivity index (χ2v) is 6.10. The zero-order chi connectivity index (χ0) is 14.5. The molecule has 2 aromatic rings. The number of carbonyl (C=O) groups excluding carboxylic acids is 1. The third-order valence-corrected chi connectivity index (χ3v) is 3.63. The van der Waals surface area contributed by atoms with Crippen LogP contribution in [0.1, 0.15) is 31.6 Å². The Kier molecular flexibility index (Phi) is 4.89. The lowest BCUT2D eigenvalue weighted by atomic mass is 10.3. The van der Waals surface area contributed by atoms with Crippen LogP contribution in [0.3, 0.4) is 0 Å². The summed E-state index contributed by atoms with van der Waals surface area (Å²) in [6.07, 6.45) is 2.65. The molecule has 0 bridgehead atoms. The molecule has 0 aliphatic carbocycles. The van der Waals surface area contributed by atoms with Crippen LogP contribution in [0.4, 0.5) is 5.82 Å². The van der Waals surface area contributed by atoms with Gasteiger partial charge in [0.15, 0.2) is 0 Å². The highest BCUT2D eigenvalue weighted by Gasteiger charge is 2.08. The average Bonchev–Trinajstić information content (AvgIpc) is 2.74. The Labute approximate surface area is 122 Å². The number of ether oxygens (including phenoxy) is 1. The third-order valence-electron chi connectivity index (χ3n) is 2.67. The highest BCUT2D eigenvalue weighted by Crippen LogP contribution is 2.27. The van der Waals surface area contributed by atoms with Crippen LogP contribution in [0.2, 0.25) is 0 Å². The van der Waals surface area contributed by atoms with E-state index in [0.717, 1.165) is 22.5 Å². The number of thiophene rings is 1. The SMILES string of the molecule is Cc1cc2c(NCCCC(=O)OC(C)C)ncnc2s1. The smallest absolute Gasteiger partial charge is 0.306 e. The maximum Gasteiger partial charge on any atom is 0.306 e. The molecule has 0 unspecified atom stereocenters. The first-order chi connectivity index (χ1) is 9.56. The molecule has 108 valence electrons. The molecule has 0 amide bonds. The highest BCUT2D eigenvalue weighted by atomic mass is 32.1. The number of hydrogen-bond acceptors (Lipinski definition) is 6. The highest BCUT2D eigenvalue weighted by molar-refractivity contribution is 7.18. The molecule has 0 fully saturated rings. The summed E-state index contributed by atoms with van der Waals surface area (Å²) >= 11 is 1.65. The number of aromatic nitrogens is 2. The van der Waals surface area contributed by atoms with Gasteiger partial charge in [0.25, 0.3) is 0 Å². The Morgan fingerprint density at radius 3 is 3.00 bits per heavy atom. The molecule has 20 heavy (non-hydrogen) atoms. The summed E-state index contributed by atoms with van der Waals surface area (Å²) in [5, 5.41) is 4.30. The maximum absolute atomic E-state index is 11.4. The van der Waals surface area contributed by atoms with Gasteiger partial charge in [-0.2, -0.15) is 0 Å². The molecule has 6 heteroatoms. The predicted octanol–water partition coefficient (Wildman–Crippen LogP) is 3.14. The topological polar surface area (TPSA) is 64.1 Å². The summed E-state index contributed by atoms with van der Waals surface area (Å²) in [6.45, 7) is 6.45. The molecule has 0 aromatic carbocycles. The molecule has 2 heterocycles. The first-order valence-electron chi connectivity index (χ1n) is 6.70. The standard InChI is InChI=1S/C14H19N3O2S/c1-9(2)19-12(18)5-4-6-15-13-11-7-10(3)20-14(11)17-8-16-13/h7-9H,4-6H2,1-3H3,(H,15,16,17). The Hall–Kier alpha value is -1.69. The Morgan fingerprint density at radius 1 is 1.45 bits per heavy atom. The van der Waals surface area contributed by atoms with Gasteiger partial charge in [0, 0.05) is 17.8 Å². The van der Waals surface area contributed by atoms with E-state index in [9.17, 15) is 4.79 Å². The van der Waals surface area contributed by atoms with E-state index in [-0.39, 0.29) is 12.1 Å². The normalized spacial score (nSPS) is 11.0.